The third-order valence-corrected chi connectivity index (χ3v) is 5.10. The maximum absolute atomic E-state index is 10.1. The highest BCUT2D eigenvalue weighted by Crippen LogP contribution is 2.36. The number of nitriles is 1. The lowest BCUT2D eigenvalue weighted by Gasteiger charge is -2.24. The van der Waals surface area contributed by atoms with Gasteiger partial charge in [-0.05, 0) is 43.2 Å². The fraction of sp³-hybridized carbons (Fsp3) is 0.533. The third-order valence-electron chi connectivity index (χ3n) is 3.56. The molecule has 0 bridgehead atoms. The van der Waals surface area contributed by atoms with Crippen molar-refractivity contribution in [3.8, 4) is 6.07 Å². The molecule has 1 aliphatic rings. The van der Waals surface area contributed by atoms with Gasteiger partial charge >= 0.3 is 0 Å². The molecule has 0 spiro atoms. The lowest BCUT2D eigenvalue weighted by atomic mass is 10.0. The number of benzene rings is 1. The first-order chi connectivity index (χ1) is 9.13. The summed E-state index contributed by atoms with van der Waals surface area (Å²) in [6.45, 7) is 3.78. The highest BCUT2D eigenvalue weighted by molar-refractivity contribution is 8.00. The zero-order valence-electron chi connectivity index (χ0n) is 11.2. The Balaban J connectivity index is 1.80. The quantitative estimate of drug-likeness (QED) is 0.867. The van der Waals surface area contributed by atoms with Crippen molar-refractivity contribution in [2.75, 3.05) is 18.8 Å². The van der Waals surface area contributed by atoms with Gasteiger partial charge in [0.05, 0.1) is 17.7 Å². The van der Waals surface area contributed by atoms with Gasteiger partial charge in [-0.15, -0.1) is 0 Å². The van der Waals surface area contributed by atoms with Crippen LogP contribution in [0.3, 0.4) is 0 Å². The molecule has 4 heteroatoms. The lowest BCUT2D eigenvalue weighted by molar-refractivity contribution is 0.174. The van der Waals surface area contributed by atoms with E-state index in [-0.39, 0.29) is 0 Å². The Bertz CT molecular complexity index is 446. The van der Waals surface area contributed by atoms with E-state index in [1.807, 2.05) is 23.9 Å². The molecule has 1 saturated heterocycles. The van der Waals surface area contributed by atoms with E-state index in [0.29, 0.717) is 16.9 Å². The number of rotatable bonds is 5. The minimum Gasteiger partial charge on any atom is -0.387 e. The SMILES string of the molecule is CC1(CNCC(O)c2ccc(C#N)cc2)CCCS1. The molecule has 0 radical (unpaired) electrons. The molecule has 1 aromatic carbocycles. The van der Waals surface area contributed by atoms with Gasteiger partial charge in [0.2, 0.25) is 0 Å². The molecule has 1 aromatic rings. The van der Waals surface area contributed by atoms with E-state index < -0.39 is 6.10 Å². The average molecular weight is 276 g/mol. The molecule has 102 valence electrons. The first-order valence-electron chi connectivity index (χ1n) is 6.66. The topological polar surface area (TPSA) is 56.0 Å². The molecule has 0 amide bonds. The van der Waals surface area contributed by atoms with Crippen LogP contribution in [0.4, 0.5) is 0 Å². The number of nitrogens with one attached hydrogen (secondary N) is 1. The molecule has 2 rings (SSSR count). The molecule has 2 N–H and O–H groups in total. The molecule has 0 aromatic heterocycles. The smallest absolute Gasteiger partial charge is 0.0991 e. The summed E-state index contributed by atoms with van der Waals surface area (Å²) in [6, 6.07) is 9.20. The number of aliphatic hydroxyl groups excluding tert-OH is 1. The van der Waals surface area contributed by atoms with Gasteiger partial charge in [0.1, 0.15) is 0 Å². The van der Waals surface area contributed by atoms with Crippen molar-refractivity contribution in [2.24, 2.45) is 0 Å². The van der Waals surface area contributed by atoms with Crippen LogP contribution in [0.5, 0.6) is 0 Å². The maximum atomic E-state index is 10.1. The molecule has 2 unspecified atom stereocenters. The summed E-state index contributed by atoms with van der Waals surface area (Å²) in [6.07, 6.45) is 2.03. The Morgan fingerprint density at radius 3 is 2.79 bits per heavy atom. The number of thioether (sulfide) groups is 1. The molecular formula is C15H20N2OS. The van der Waals surface area contributed by atoms with E-state index >= 15 is 0 Å². The number of hydrogen-bond donors (Lipinski definition) is 2. The largest absolute Gasteiger partial charge is 0.387 e. The van der Waals surface area contributed by atoms with Crippen molar-refractivity contribution in [1.29, 1.82) is 5.26 Å². The number of hydrogen-bond acceptors (Lipinski definition) is 4. The normalized spacial score (nSPS) is 24.1. The van der Waals surface area contributed by atoms with Crippen LogP contribution in [0.15, 0.2) is 24.3 Å². The van der Waals surface area contributed by atoms with Crippen LogP contribution in [0, 0.1) is 11.3 Å². The third kappa shape index (κ3) is 3.97. The molecule has 1 aliphatic heterocycles. The summed E-state index contributed by atoms with van der Waals surface area (Å²) in [5.41, 5.74) is 1.48. The number of aliphatic hydroxyl groups is 1. The van der Waals surface area contributed by atoms with Crippen molar-refractivity contribution in [1.82, 2.24) is 5.32 Å². The second-order valence-electron chi connectivity index (χ2n) is 5.28. The van der Waals surface area contributed by atoms with Gasteiger partial charge in [-0.3, -0.25) is 0 Å². The van der Waals surface area contributed by atoms with Crippen LogP contribution in [0.2, 0.25) is 0 Å². The van der Waals surface area contributed by atoms with Gasteiger partial charge in [0, 0.05) is 17.8 Å². The van der Waals surface area contributed by atoms with Crippen molar-refractivity contribution < 1.29 is 5.11 Å². The van der Waals surface area contributed by atoms with E-state index in [4.69, 9.17) is 5.26 Å². The fourth-order valence-electron chi connectivity index (χ4n) is 2.35. The predicted octanol–water partition coefficient (Wildman–Crippen LogP) is 2.47. The van der Waals surface area contributed by atoms with Crippen molar-refractivity contribution >= 4 is 11.8 Å². The number of nitrogens with zero attached hydrogens (tertiary/aromatic N) is 1. The molecule has 1 fully saturated rings. The van der Waals surface area contributed by atoms with Gasteiger partial charge in [-0.1, -0.05) is 12.1 Å². The Morgan fingerprint density at radius 1 is 1.47 bits per heavy atom. The standard InChI is InChI=1S/C15H20N2OS/c1-15(7-2-8-19-15)11-17-10-14(18)13-5-3-12(9-16)4-6-13/h3-6,14,17-18H,2,7-8,10-11H2,1H3. The van der Waals surface area contributed by atoms with E-state index in [0.717, 1.165) is 12.1 Å². The second kappa shape index (κ2) is 6.42. The van der Waals surface area contributed by atoms with Crippen LogP contribution in [0.1, 0.15) is 37.0 Å². The van der Waals surface area contributed by atoms with E-state index in [2.05, 4.69) is 18.3 Å². The fourth-order valence-corrected chi connectivity index (χ4v) is 3.62. The van der Waals surface area contributed by atoms with Crippen LogP contribution < -0.4 is 5.32 Å². The molecule has 1 heterocycles. The molecule has 2 atom stereocenters. The summed E-state index contributed by atoms with van der Waals surface area (Å²) in [5, 5.41) is 22.2. The van der Waals surface area contributed by atoms with Crippen molar-refractivity contribution in [3.63, 3.8) is 0 Å². The molecule has 3 nitrogen and oxygen atoms in total. The van der Waals surface area contributed by atoms with E-state index in [1.165, 1.54) is 18.6 Å². The van der Waals surface area contributed by atoms with E-state index in [9.17, 15) is 5.11 Å². The maximum Gasteiger partial charge on any atom is 0.0991 e. The van der Waals surface area contributed by atoms with Crippen molar-refractivity contribution in [3.05, 3.63) is 35.4 Å². The Labute approximate surface area is 119 Å². The van der Waals surface area contributed by atoms with Gasteiger partial charge in [0.15, 0.2) is 0 Å². The second-order valence-corrected chi connectivity index (χ2v) is 6.96. The van der Waals surface area contributed by atoms with E-state index in [1.54, 1.807) is 12.1 Å². The monoisotopic (exact) mass is 276 g/mol. The molecule has 0 aliphatic carbocycles. The zero-order chi connectivity index (χ0) is 13.7. The first kappa shape index (κ1) is 14.4. The highest BCUT2D eigenvalue weighted by atomic mass is 32.2. The lowest BCUT2D eigenvalue weighted by Crippen LogP contribution is -2.35. The Morgan fingerprint density at radius 2 is 2.21 bits per heavy atom. The summed E-state index contributed by atoms with van der Waals surface area (Å²) in [5.74, 6) is 1.25. The molecule has 0 saturated carbocycles. The first-order valence-corrected chi connectivity index (χ1v) is 7.64. The van der Waals surface area contributed by atoms with Crippen LogP contribution in [0.25, 0.3) is 0 Å². The van der Waals surface area contributed by atoms with Crippen LogP contribution in [-0.2, 0) is 0 Å². The van der Waals surface area contributed by atoms with Gasteiger partial charge in [0.25, 0.3) is 0 Å². The average Bonchev–Trinajstić information content (AvgIpc) is 2.86. The zero-order valence-corrected chi connectivity index (χ0v) is 12.0. The Kier molecular flexibility index (Phi) is 4.87. The predicted molar refractivity (Wildman–Crippen MR) is 79.1 cm³/mol. The minimum atomic E-state index is -0.511. The molecule has 19 heavy (non-hydrogen) atoms. The minimum absolute atomic E-state index is 0.324. The van der Waals surface area contributed by atoms with Gasteiger partial charge in [-0.2, -0.15) is 17.0 Å². The summed E-state index contributed by atoms with van der Waals surface area (Å²) in [7, 11) is 0. The summed E-state index contributed by atoms with van der Waals surface area (Å²) >= 11 is 2.02. The van der Waals surface area contributed by atoms with Crippen LogP contribution >= 0.6 is 11.8 Å². The highest BCUT2D eigenvalue weighted by Gasteiger charge is 2.28. The van der Waals surface area contributed by atoms with Gasteiger partial charge in [-0.25, -0.2) is 0 Å². The van der Waals surface area contributed by atoms with Crippen LogP contribution in [-0.4, -0.2) is 28.7 Å². The summed E-state index contributed by atoms with van der Waals surface area (Å²) < 4.78 is 0.324. The van der Waals surface area contributed by atoms with Gasteiger partial charge < -0.3 is 10.4 Å². The summed E-state index contributed by atoms with van der Waals surface area (Å²) in [4.78, 5) is 0. The Hall–Kier alpha value is -1.02. The molecular weight excluding hydrogens is 256 g/mol. The van der Waals surface area contributed by atoms with Crippen molar-refractivity contribution in [2.45, 2.75) is 30.6 Å².